The highest BCUT2D eigenvalue weighted by Crippen LogP contribution is 2.20. The summed E-state index contributed by atoms with van der Waals surface area (Å²) in [6, 6.07) is 10.4. The predicted octanol–water partition coefficient (Wildman–Crippen LogP) is 2.73. The number of carbonyl (C=O) groups is 2. The number of hydrogen-bond acceptors (Lipinski definition) is 3. The molecule has 0 spiro atoms. The maximum absolute atomic E-state index is 12.2. The van der Waals surface area contributed by atoms with Gasteiger partial charge in [-0.2, -0.15) is 0 Å². The van der Waals surface area contributed by atoms with Crippen molar-refractivity contribution >= 4 is 27.8 Å². The number of rotatable bonds is 2. The van der Waals surface area contributed by atoms with Gasteiger partial charge < -0.3 is 4.74 Å². The van der Waals surface area contributed by atoms with E-state index in [-0.39, 0.29) is 11.6 Å². The molecule has 0 radical (unpaired) electrons. The molecule has 0 bridgehead atoms. The Morgan fingerprint density at radius 2 is 1.83 bits per heavy atom. The van der Waals surface area contributed by atoms with Gasteiger partial charge in [-0.3, -0.25) is 9.36 Å². The van der Waals surface area contributed by atoms with Crippen LogP contribution in [0.15, 0.2) is 47.1 Å². The lowest BCUT2D eigenvalue weighted by Crippen LogP contribution is -2.18. The third-order valence-electron chi connectivity index (χ3n) is 2.46. The fraction of sp³-hybridized carbons (Fsp3) is 0.0769. The van der Waals surface area contributed by atoms with Crippen molar-refractivity contribution < 1.29 is 14.3 Å². The second kappa shape index (κ2) is 5.18. The minimum atomic E-state index is -0.559. The van der Waals surface area contributed by atoms with Gasteiger partial charge in [0, 0.05) is 11.8 Å². The van der Waals surface area contributed by atoms with E-state index in [0.29, 0.717) is 10.0 Å². The zero-order valence-corrected chi connectivity index (χ0v) is 11.2. The van der Waals surface area contributed by atoms with Crippen LogP contribution in [0.1, 0.15) is 20.8 Å². The maximum Gasteiger partial charge on any atom is 0.356 e. The Kier molecular flexibility index (Phi) is 3.62. The number of nitrogens with zero attached hydrogens (tertiary/aromatic N) is 1. The summed E-state index contributed by atoms with van der Waals surface area (Å²) in [5.41, 5.74) is 0.692. The quantitative estimate of drug-likeness (QED) is 0.802. The van der Waals surface area contributed by atoms with E-state index in [1.807, 2.05) is 6.07 Å². The third kappa shape index (κ3) is 2.22. The van der Waals surface area contributed by atoms with Crippen LogP contribution in [0.5, 0.6) is 0 Å². The smallest absolute Gasteiger partial charge is 0.356 e. The number of ether oxygens (including phenoxy) is 1. The molecule has 0 saturated carbocycles. The van der Waals surface area contributed by atoms with E-state index in [0.717, 1.165) is 0 Å². The van der Waals surface area contributed by atoms with Gasteiger partial charge in [-0.1, -0.05) is 18.2 Å². The fourth-order valence-corrected chi connectivity index (χ4v) is 2.06. The van der Waals surface area contributed by atoms with Crippen molar-refractivity contribution in [3.05, 3.63) is 58.3 Å². The van der Waals surface area contributed by atoms with E-state index >= 15 is 0 Å². The summed E-state index contributed by atoms with van der Waals surface area (Å²) >= 11 is 3.23. The van der Waals surface area contributed by atoms with Crippen LogP contribution in [0.3, 0.4) is 0 Å². The number of carbonyl (C=O) groups excluding carboxylic acids is 2. The second-order valence-electron chi connectivity index (χ2n) is 3.55. The molecule has 92 valence electrons. The zero-order valence-electron chi connectivity index (χ0n) is 9.59. The lowest BCUT2D eigenvalue weighted by molar-refractivity contribution is 0.0582. The first-order chi connectivity index (χ1) is 8.65. The van der Waals surface area contributed by atoms with E-state index in [1.54, 1.807) is 30.3 Å². The molecular weight excluding hydrogens is 298 g/mol. The third-order valence-corrected chi connectivity index (χ3v) is 3.10. The Morgan fingerprint density at radius 3 is 2.44 bits per heavy atom. The molecule has 4 nitrogen and oxygen atoms in total. The minimum absolute atomic E-state index is 0.186. The highest BCUT2D eigenvalue weighted by Gasteiger charge is 2.20. The van der Waals surface area contributed by atoms with Crippen LogP contribution in [0.2, 0.25) is 0 Å². The van der Waals surface area contributed by atoms with Crippen LogP contribution < -0.4 is 0 Å². The second-order valence-corrected chi connectivity index (χ2v) is 4.40. The molecule has 5 heteroatoms. The summed E-state index contributed by atoms with van der Waals surface area (Å²) in [6.45, 7) is 0. The lowest BCUT2D eigenvalue weighted by atomic mass is 10.2. The molecule has 0 aliphatic heterocycles. The molecule has 0 fully saturated rings. The Balaban J connectivity index is 2.47. The van der Waals surface area contributed by atoms with Gasteiger partial charge in [-0.05, 0) is 34.1 Å². The van der Waals surface area contributed by atoms with Crippen molar-refractivity contribution in [2.24, 2.45) is 0 Å². The van der Waals surface area contributed by atoms with E-state index in [9.17, 15) is 9.59 Å². The topological polar surface area (TPSA) is 48.3 Å². The number of esters is 1. The van der Waals surface area contributed by atoms with E-state index in [2.05, 4.69) is 20.7 Å². The summed E-state index contributed by atoms with van der Waals surface area (Å²) in [4.78, 5) is 23.9. The number of hydrogen-bond donors (Lipinski definition) is 0. The fourth-order valence-electron chi connectivity index (χ4n) is 1.59. The van der Waals surface area contributed by atoms with Crippen LogP contribution in [-0.4, -0.2) is 23.6 Å². The highest BCUT2D eigenvalue weighted by molar-refractivity contribution is 9.10. The SMILES string of the molecule is COC(=O)c1c(Br)ccn1C(=O)c1ccccc1. The Hall–Kier alpha value is -1.88. The molecule has 0 saturated heterocycles. The largest absolute Gasteiger partial charge is 0.464 e. The molecule has 18 heavy (non-hydrogen) atoms. The summed E-state index contributed by atoms with van der Waals surface area (Å²) in [6.07, 6.45) is 1.53. The maximum atomic E-state index is 12.2. The average Bonchev–Trinajstić information content (AvgIpc) is 2.80. The molecule has 1 aromatic heterocycles. The first kappa shape index (κ1) is 12.6. The number of halogens is 1. The van der Waals surface area contributed by atoms with Crippen molar-refractivity contribution in [3.63, 3.8) is 0 Å². The van der Waals surface area contributed by atoms with Crippen molar-refractivity contribution in [1.82, 2.24) is 4.57 Å². The molecule has 2 aromatic rings. The summed E-state index contributed by atoms with van der Waals surface area (Å²) < 4.78 is 6.46. The van der Waals surface area contributed by atoms with Crippen molar-refractivity contribution in [3.8, 4) is 0 Å². The lowest BCUT2D eigenvalue weighted by Gasteiger charge is -2.06. The van der Waals surface area contributed by atoms with Crippen LogP contribution in [0.25, 0.3) is 0 Å². The van der Waals surface area contributed by atoms with Gasteiger partial charge in [0.05, 0.1) is 11.6 Å². The summed E-state index contributed by atoms with van der Waals surface area (Å²) in [7, 11) is 1.28. The molecule has 0 atom stereocenters. The van der Waals surface area contributed by atoms with Crippen LogP contribution in [-0.2, 0) is 4.74 Å². The molecule has 0 unspecified atom stereocenters. The van der Waals surface area contributed by atoms with Crippen molar-refractivity contribution in [1.29, 1.82) is 0 Å². The van der Waals surface area contributed by atoms with Crippen LogP contribution in [0, 0.1) is 0 Å². The first-order valence-electron chi connectivity index (χ1n) is 5.20. The number of aromatic nitrogens is 1. The number of benzene rings is 1. The predicted molar refractivity (Wildman–Crippen MR) is 69.6 cm³/mol. The molecule has 0 amide bonds. The first-order valence-corrected chi connectivity index (χ1v) is 5.99. The molecule has 2 rings (SSSR count). The van der Waals surface area contributed by atoms with E-state index < -0.39 is 5.97 Å². The molecule has 0 aliphatic carbocycles. The zero-order chi connectivity index (χ0) is 13.1. The molecule has 1 heterocycles. The van der Waals surface area contributed by atoms with Gasteiger partial charge in [0.2, 0.25) is 0 Å². The van der Waals surface area contributed by atoms with E-state index in [4.69, 9.17) is 0 Å². The number of methoxy groups -OCH3 is 1. The standard InChI is InChI=1S/C13H10BrNO3/c1-18-13(17)11-10(14)7-8-15(11)12(16)9-5-3-2-4-6-9/h2-8H,1H3. The van der Waals surface area contributed by atoms with Crippen molar-refractivity contribution in [2.45, 2.75) is 0 Å². The normalized spacial score (nSPS) is 10.1. The molecular formula is C13H10BrNO3. The monoisotopic (exact) mass is 307 g/mol. The summed E-state index contributed by atoms with van der Waals surface area (Å²) in [5, 5.41) is 0. The van der Waals surface area contributed by atoms with E-state index in [1.165, 1.54) is 17.9 Å². The van der Waals surface area contributed by atoms with Gasteiger partial charge in [-0.25, -0.2) is 4.79 Å². The Morgan fingerprint density at radius 1 is 1.17 bits per heavy atom. The van der Waals surface area contributed by atoms with Gasteiger partial charge in [-0.15, -0.1) is 0 Å². The van der Waals surface area contributed by atoms with Crippen LogP contribution in [0.4, 0.5) is 0 Å². The van der Waals surface area contributed by atoms with Crippen LogP contribution >= 0.6 is 15.9 Å². The van der Waals surface area contributed by atoms with Crippen molar-refractivity contribution in [2.75, 3.05) is 7.11 Å². The Bertz CT molecular complexity index is 590. The average molecular weight is 308 g/mol. The summed E-state index contributed by atoms with van der Waals surface area (Å²) in [5.74, 6) is -0.835. The highest BCUT2D eigenvalue weighted by atomic mass is 79.9. The van der Waals surface area contributed by atoms with Gasteiger partial charge in [0.25, 0.3) is 5.91 Å². The Labute approximate surface area is 112 Å². The minimum Gasteiger partial charge on any atom is -0.464 e. The van der Waals surface area contributed by atoms with Gasteiger partial charge in [0.15, 0.2) is 0 Å². The van der Waals surface area contributed by atoms with Gasteiger partial charge in [0.1, 0.15) is 5.69 Å². The molecule has 0 aliphatic rings. The molecule has 0 N–H and O–H groups in total. The molecule has 1 aromatic carbocycles. The van der Waals surface area contributed by atoms with Gasteiger partial charge >= 0.3 is 5.97 Å².